The van der Waals surface area contributed by atoms with Gasteiger partial charge in [-0.05, 0) is 39.3 Å². The molecule has 0 unspecified atom stereocenters. The van der Waals surface area contributed by atoms with Gasteiger partial charge in [-0.2, -0.15) is 0 Å². The molecule has 23 heavy (non-hydrogen) atoms. The van der Waals surface area contributed by atoms with E-state index < -0.39 is 48.9 Å². The molecule has 4 nitrogen and oxygen atoms in total. The molecule has 136 valence electrons. The number of halogens is 1. The van der Waals surface area contributed by atoms with Crippen LogP contribution < -0.4 is 9.30 Å². The van der Waals surface area contributed by atoms with Crippen LogP contribution in [0.3, 0.4) is 0 Å². The zero-order valence-corrected chi connectivity index (χ0v) is 22.3. The Hall–Kier alpha value is 0.919. The Bertz CT molecular complexity index is 416. The summed E-state index contributed by atoms with van der Waals surface area (Å²) < 4.78 is 28.4. The lowest BCUT2D eigenvalue weighted by atomic mass is 10.2. The predicted octanol–water partition coefficient (Wildman–Crippen LogP) is 3.51. The number of hydrogen-bond acceptors (Lipinski definition) is 4. The summed E-state index contributed by atoms with van der Waals surface area (Å²) >= 11 is 0. The van der Waals surface area contributed by atoms with Crippen molar-refractivity contribution < 1.29 is 4.32 Å². The van der Waals surface area contributed by atoms with Crippen molar-refractivity contribution in [1.82, 2.24) is 17.6 Å². The number of nitrogens with zero attached hydrogens (tertiary/aromatic N) is 2. The van der Waals surface area contributed by atoms with Crippen LogP contribution in [0.15, 0.2) is 0 Å². The van der Waals surface area contributed by atoms with E-state index in [1.165, 1.54) is 0 Å². The first kappa shape index (κ1) is 22.0. The topological polar surface area (TPSA) is 30.5 Å². The zero-order chi connectivity index (χ0) is 18.6. The minimum atomic E-state index is -2.00. The molecule has 0 bridgehead atoms. The molecule has 2 N–H and O–H groups in total. The highest BCUT2D eigenvalue weighted by Gasteiger charge is 2.59. The van der Waals surface area contributed by atoms with Crippen LogP contribution >= 0.6 is 0 Å². The molecule has 1 aliphatic heterocycles. The lowest BCUT2D eigenvalue weighted by molar-refractivity contribution is 0.618. The molecule has 0 aliphatic carbocycles. The van der Waals surface area contributed by atoms with Crippen molar-refractivity contribution in [2.75, 3.05) is 0 Å². The molecular formula is C12H38BFN4Si5. The van der Waals surface area contributed by atoms with Crippen LogP contribution in [-0.2, 0) is 0 Å². The van der Waals surface area contributed by atoms with Gasteiger partial charge < -0.3 is 17.6 Å². The highest BCUT2D eigenvalue weighted by Crippen LogP contribution is 2.31. The average molecular weight is 409 g/mol. The van der Waals surface area contributed by atoms with E-state index in [4.69, 9.17) is 0 Å². The Labute approximate surface area is 149 Å². The van der Waals surface area contributed by atoms with E-state index in [1.54, 1.807) is 0 Å². The van der Waals surface area contributed by atoms with Gasteiger partial charge in [0.05, 0.1) is 0 Å². The van der Waals surface area contributed by atoms with Gasteiger partial charge in [0, 0.05) is 0 Å². The summed E-state index contributed by atoms with van der Waals surface area (Å²) in [6, 6.07) is 0. The molecule has 1 fully saturated rings. The predicted molar refractivity (Wildman–Crippen MR) is 116 cm³/mol. The fraction of sp³-hybridized carbons (Fsp3) is 1.00. The smallest absolute Gasteiger partial charge is 0.344 e. The molecule has 0 radical (unpaired) electrons. The van der Waals surface area contributed by atoms with E-state index in [-0.39, 0.29) is 0 Å². The second-order valence-electron chi connectivity index (χ2n) is 10.4. The molecular weight excluding hydrogens is 370 g/mol. The van der Waals surface area contributed by atoms with Crippen LogP contribution in [0.4, 0.5) is 4.32 Å². The quantitative estimate of drug-likeness (QED) is 0.697. The first-order chi connectivity index (χ1) is 9.81. The molecule has 0 aromatic carbocycles. The minimum absolute atomic E-state index is 0.957. The maximum atomic E-state index is 16.1. The van der Waals surface area contributed by atoms with Crippen LogP contribution in [0.25, 0.3) is 0 Å². The molecule has 0 amide bonds. The monoisotopic (exact) mass is 408 g/mol. The zero-order valence-electron chi connectivity index (χ0n) is 17.3. The minimum Gasteiger partial charge on any atom is -0.344 e. The molecule has 0 aromatic rings. The van der Waals surface area contributed by atoms with Gasteiger partial charge in [0.15, 0.2) is 25.2 Å². The molecule has 1 saturated heterocycles. The largest absolute Gasteiger partial charge is 0.495 e. The third kappa shape index (κ3) is 4.97. The molecule has 0 atom stereocenters. The van der Waals surface area contributed by atoms with E-state index >= 15 is 4.32 Å². The lowest BCUT2D eigenvalue weighted by Crippen LogP contribution is -2.92. The maximum absolute atomic E-state index is 16.1. The SMILES string of the molecule is C[Si]1(C)N[Si](C)(C)N(B(F)N([Si](C)(C)C)[Si](C)(C)C)[Si](C)(C)N1. The van der Waals surface area contributed by atoms with E-state index in [9.17, 15) is 0 Å². The Balaban J connectivity index is 3.35. The molecule has 1 aliphatic rings. The number of rotatable bonds is 4. The van der Waals surface area contributed by atoms with Crippen LogP contribution in [0.2, 0.25) is 78.6 Å². The van der Waals surface area contributed by atoms with Gasteiger partial charge in [0.2, 0.25) is 0 Å². The Morgan fingerprint density at radius 2 is 1.09 bits per heavy atom. The van der Waals surface area contributed by atoms with Gasteiger partial charge in [0.25, 0.3) is 0 Å². The molecule has 1 heterocycles. The summed E-state index contributed by atoms with van der Waals surface area (Å²) in [4.78, 5) is 0. The second-order valence-corrected chi connectivity index (χ2v) is 33.4. The molecule has 0 spiro atoms. The Morgan fingerprint density at radius 1 is 0.783 bits per heavy atom. The van der Waals surface area contributed by atoms with Crippen molar-refractivity contribution >= 4 is 48.9 Å². The molecule has 11 heteroatoms. The van der Waals surface area contributed by atoms with Gasteiger partial charge in [-0.25, -0.2) is 0 Å². The van der Waals surface area contributed by atoms with E-state index in [1.807, 2.05) is 0 Å². The Morgan fingerprint density at radius 3 is 1.35 bits per heavy atom. The van der Waals surface area contributed by atoms with Gasteiger partial charge in [0.1, 0.15) is 16.5 Å². The summed E-state index contributed by atoms with van der Waals surface area (Å²) in [5.74, 6) is 0. The number of nitrogens with one attached hydrogen (secondary N) is 2. The van der Waals surface area contributed by atoms with E-state index in [0.717, 1.165) is 0 Å². The average Bonchev–Trinajstić information content (AvgIpc) is 2.02. The molecule has 1 rings (SSSR count). The normalized spacial score (nSPS) is 24.8. The maximum Gasteiger partial charge on any atom is 0.495 e. The van der Waals surface area contributed by atoms with Crippen LogP contribution in [-0.4, -0.2) is 57.2 Å². The Kier molecular flexibility index (Phi) is 5.98. The summed E-state index contributed by atoms with van der Waals surface area (Å²) in [5.41, 5.74) is 0. The van der Waals surface area contributed by atoms with Crippen molar-refractivity contribution in [3.8, 4) is 0 Å². The summed E-state index contributed by atoms with van der Waals surface area (Å²) in [6.45, 7) is 27.5. The summed E-state index contributed by atoms with van der Waals surface area (Å²) in [7, 11) is -10.1. The van der Waals surface area contributed by atoms with E-state index in [2.05, 4.69) is 96.1 Å². The van der Waals surface area contributed by atoms with Gasteiger partial charge in [-0.1, -0.05) is 39.3 Å². The van der Waals surface area contributed by atoms with Crippen LogP contribution in [0.5, 0.6) is 0 Å². The van der Waals surface area contributed by atoms with Crippen LogP contribution in [0.1, 0.15) is 0 Å². The molecule has 0 aromatic heterocycles. The third-order valence-corrected chi connectivity index (χ3v) is 27.7. The van der Waals surface area contributed by atoms with Crippen molar-refractivity contribution in [2.24, 2.45) is 0 Å². The highest BCUT2D eigenvalue weighted by atomic mass is 28.5. The summed E-state index contributed by atoms with van der Waals surface area (Å²) in [6.07, 6.45) is 0. The van der Waals surface area contributed by atoms with Gasteiger partial charge in [-0.3, -0.25) is 4.32 Å². The van der Waals surface area contributed by atoms with Gasteiger partial charge in [-0.15, -0.1) is 0 Å². The second kappa shape index (κ2) is 6.27. The van der Waals surface area contributed by atoms with Crippen molar-refractivity contribution in [3.63, 3.8) is 0 Å². The first-order valence-corrected chi connectivity index (χ1v) is 24.4. The van der Waals surface area contributed by atoms with Crippen molar-refractivity contribution in [2.45, 2.75) is 78.6 Å². The van der Waals surface area contributed by atoms with Gasteiger partial charge >= 0.3 is 7.26 Å². The third-order valence-electron chi connectivity index (χ3n) is 4.31. The lowest BCUT2D eigenvalue weighted by Gasteiger charge is -2.60. The van der Waals surface area contributed by atoms with Crippen molar-refractivity contribution in [3.05, 3.63) is 0 Å². The summed E-state index contributed by atoms with van der Waals surface area (Å²) in [5, 5.41) is 0. The fourth-order valence-electron chi connectivity index (χ4n) is 4.67. The van der Waals surface area contributed by atoms with Crippen LogP contribution in [0, 0.1) is 0 Å². The standard InChI is InChI=1S/C12H38BFN4Si5/c1-19(2,3)17(20(4,5)6)13(14)18-22(9,10)15-21(7,8)16-23(18,11)12/h15-16H,1-12H3. The fourth-order valence-corrected chi connectivity index (χ4v) is 36.6. The number of hydrogen-bond donors (Lipinski definition) is 2. The first-order valence-electron chi connectivity index (χ1n) is 8.63. The highest BCUT2D eigenvalue weighted by molar-refractivity contribution is 7.11. The molecule has 0 saturated carbocycles. The van der Waals surface area contributed by atoms with Crippen molar-refractivity contribution in [1.29, 1.82) is 0 Å². The van der Waals surface area contributed by atoms with E-state index in [0.29, 0.717) is 0 Å².